The Hall–Kier alpha value is -1.36. The summed E-state index contributed by atoms with van der Waals surface area (Å²) in [6, 6.07) is -0.0612. The van der Waals surface area contributed by atoms with Gasteiger partial charge in [-0.3, -0.25) is 4.79 Å². The third-order valence-corrected chi connectivity index (χ3v) is 3.22. The third-order valence-electron chi connectivity index (χ3n) is 3.22. The van der Waals surface area contributed by atoms with E-state index in [2.05, 4.69) is 15.3 Å². The Bertz CT molecular complexity index is 364. The smallest absolute Gasteiger partial charge is 0.249 e. The van der Waals surface area contributed by atoms with E-state index in [-0.39, 0.29) is 18.1 Å². The molecule has 1 aromatic rings. The Labute approximate surface area is 101 Å². The summed E-state index contributed by atoms with van der Waals surface area (Å²) < 4.78 is 5.45. The summed E-state index contributed by atoms with van der Waals surface area (Å²) >= 11 is 0. The van der Waals surface area contributed by atoms with Gasteiger partial charge in [-0.2, -0.15) is 0 Å². The lowest BCUT2D eigenvalue weighted by molar-refractivity contribution is -0.132. The first-order valence-electron chi connectivity index (χ1n) is 6.13. The summed E-state index contributed by atoms with van der Waals surface area (Å²) in [5.74, 6) is 1.06. The fraction of sp³-hybridized carbons (Fsp3) is 0.667. The Kier molecular flexibility index (Phi) is 3.78. The molecule has 2 rings (SSSR count). The maximum absolute atomic E-state index is 12.0. The van der Waals surface area contributed by atoms with Crippen LogP contribution in [0.5, 0.6) is 0 Å². The van der Waals surface area contributed by atoms with E-state index in [0.29, 0.717) is 12.5 Å². The number of carbonyl (C=O) groups is 1. The van der Waals surface area contributed by atoms with Crippen molar-refractivity contribution in [2.24, 2.45) is 5.92 Å². The summed E-state index contributed by atoms with van der Waals surface area (Å²) in [5.41, 5.74) is 0. The van der Waals surface area contributed by atoms with Crippen molar-refractivity contribution < 1.29 is 9.53 Å². The molecule has 94 valence electrons. The number of hydrogen-bond acceptors (Lipinski definition) is 3. The van der Waals surface area contributed by atoms with Crippen LogP contribution in [-0.2, 0) is 9.53 Å². The molecule has 3 atom stereocenters. The summed E-state index contributed by atoms with van der Waals surface area (Å²) in [7, 11) is 0. The lowest BCUT2D eigenvalue weighted by Crippen LogP contribution is -2.39. The fourth-order valence-electron chi connectivity index (χ4n) is 2.12. The number of imidazole rings is 1. The molecule has 17 heavy (non-hydrogen) atoms. The number of H-pyrrole nitrogens is 1. The van der Waals surface area contributed by atoms with E-state index < -0.39 is 0 Å². The molecule has 2 N–H and O–H groups in total. The summed E-state index contributed by atoms with van der Waals surface area (Å²) in [6.45, 7) is 4.74. The third kappa shape index (κ3) is 2.66. The second-order valence-electron chi connectivity index (χ2n) is 4.50. The molecular formula is C12H19N3O2. The number of carbonyl (C=O) groups excluding carboxylic acids is 1. The van der Waals surface area contributed by atoms with E-state index in [4.69, 9.17) is 4.74 Å². The highest BCUT2D eigenvalue weighted by Crippen LogP contribution is 2.21. The Morgan fingerprint density at radius 2 is 2.59 bits per heavy atom. The number of nitrogens with one attached hydrogen (secondary N) is 2. The molecule has 0 radical (unpaired) electrons. The van der Waals surface area contributed by atoms with E-state index in [0.717, 1.165) is 18.7 Å². The van der Waals surface area contributed by atoms with Gasteiger partial charge in [0.1, 0.15) is 11.9 Å². The van der Waals surface area contributed by atoms with Crippen LogP contribution >= 0.6 is 0 Å². The number of nitrogens with zero attached hydrogens (tertiary/aromatic N) is 1. The van der Waals surface area contributed by atoms with Gasteiger partial charge in [-0.25, -0.2) is 4.98 Å². The number of aromatic amines is 1. The molecule has 5 nitrogen and oxygen atoms in total. The monoisotopic (exact) mass is 237 g/mol. The van der Waals surface area contributed by atoms with Gasteiger partial charge in [0.15, 0.2) is 0 Å². The first kappa shape index (κ1) is 12.1. The predicted molar refractivity (Wildman–Crippen MR) is 63.3 cm³/mol. The van der Waals surface area contributed by atoms with Crippen molar-refractivity contribution in [2.45, 2.75) is 38.8 Å². The van der Waals surface area contributed by atoms with Crippen LogP contribution in [-0.4, -0.2) is 28.6 Å². The zero-order valence-electron chi connectivity index (χ0n) is 10.3. The van der Waals surface area contributed by atoms with Gasteiger partial charge in [0, 0.05) is 19.0 Å². The van der Waals surface area contributed by atoms with Crippen molar-refractivity contribution in [3.05, 3.63) is 18.2 Å². The van der Waals surface area contributed by atoms with E-state index in [1.807, 2.05) is 13.8 Å². The Morgan fingerprint density at radius 1 is 1.76 bits per heavy atom. The molecule has 0 bridgehead atoms. The molecule has 0 aromatic carbocycles. The molecule has 5 heteroatoms. The van der Waals surface area contributed by atoms with Gasteiger partial charge in [0.25, 0.3) is 0 Å². The summed E-state index contributed by atoms with van der Waals surface area (Å²) in [4.78, 5) is 19.2. The maximum Gasteiger partial charge on any atom is 0.249 e. The van der Waals surface area contributed by atoms with Crippen LogP contribution in [0.1, 0.15) is 38.6 Å². The van der Waals surface area contributed by atoms with Crippen LogP contribution in [0.3, 0.4) is 0 Å². The minimum atomic E-state index is -0.306. The molecule has 2 heterocycles. The van der Waals surface area contributed by atoms with Crippen LogP contribution in [0.2, 0.25) is 0 Å². The molecule has 1 aliphatic rings. The summed E-state index contributed by atoms with van der Waals surface area (Å²) in [6.07, 6.45) is 4.91. The second kappa shape index (κ2) is 5.31. The van der Waals surface area contributed by atoms with Gasteiger partial charge >= 0.3 is 0 Å². The van der Waals surface area contributed by atoms with Gasteiger partial charge < -0.3 is 15.0 Å². The lowest BCUT2D eigenvalue weighted by atomic mass is 10.0. The Morgan fingerprint density at radius 3 is 3.12 bits per heavy atom. The first-order chi connectivity index (χ1) is 8.22. The highest BCUT2D eigenvalue weighted by Gasteiger charge is 2.32. The minimum Gasteiger partial charge on any atom is -0.368 e. The lowest BCUT2D eigenvalue weighted by Gasteiger charge is -2.19. The molecule has 0 saturated carbocycles. The van der Waals surface area contributed by atoms with Crippen LogP contribution in [0.4, 0.5) is 0 Å². The molecular weight excluding hydrogens is 218 g/mol. The number of hydrogen-bond donors (Lipinski definition) is 2. The molecule has 3 unspecified atom stereocenters. The van der Waals surface area contributed by atoms with E-state index in [1.54, 1.807) is 12.4 Å². The average molecular weight is 237 g/mol. The number of aromatic nitrogens is 2. The number of amides is 1. The molecule has 1 amide bonds. The highest BCUT2D eigenvalue weighted by atomic mass is 16.5. The van der Waals surface area contributed by atoms with Crippen LogP contribution < -0.4 is 5.32 Å². The standard InChI is InChI=1S/C12H19N3O2/c1-3-9(11-13-5-6-14-11)15-12(16)10-8(2)4-7-17-10/h5-6,8-10H,3-4,7H2,1-2H3,(H,13,14)(H,15,16). The van der Waals surface area contributed by atoms with Crippen LogP contribution in [0.15, 0.2) is 12.4 Å². The number of ether oxygens (including phenoxy) is 1. The van der Waals surface area contributed by atoms with Gasteiger partial charge in [0.2, 0.25) is 5.91 Å². The van der Waals surface area contributed by atoms with Crippen LogP contribution in [0.25, 0.3) is 0 Å². The van der Waals surface area contributed by atoms with Crippen molar-refractivity contribution >= 4 is 5.91 Å². The fourth-order valence-corrected chi connectivity index (χ4v) is 2.12. The van der Waals surface area contributed by atoms with Gasteiger partial charge in [-0.15, -0.1) is 0 Å². The van der Waals surface area contributed by atoms with Gasteiger partial charge in [-0.05, 0) is 18.8 Å². The molecule has 0 aliphatic carbocycles. The SMILES string of the molecule is CCC(NC(=O)C1OCCC1C)c1ncc[nH]1. The number of rotatable bonds is 4. The Balaban J connectivity index is 1.97. The summed E-state index contributed by atoms with van der Waals surface area (Å²) in [5, 5.41) is 2.98. The quantitative estimate of drug-likeness (QED) is 0.831. The van der Waals surface area contributed by atoms with Crippen molar-refractivity contribution in [1.82, 2.24) is 15.3 Å². The molecule has 1 aromatic heterocycles. The maximum atomic E-state index is 12.0. The predicted octanol–water partition coefficient (Wildman–Crippen LogP) is 1.40. The topological polar surface area (TPSA) is 67.0 Å². The normalized spacial score (nSPS) is 25.8. The molecule has 1 fully saturated rings. The van der Waals surface area contributed by atoms with Crippen molar-refractivity contribution in [2.75, 3.05) is 6.61 Å². The van der Waals surface area contributed by atoms with Gasteiger partial charge in [-0.1, -0.05) is 13.8 Å². The molecule has 0 spiro atoms. The highest BCUT2D eigenvalue weighted by molar-refractivity contribution is 5.81. The molecule has 1 aliphatic heterocycles. The van der Waals surface area contributed by atoms with Crippen molar-refractivity contribution in [3.63, 3.8) is 0 Å². The van der Waals surface area contributed by atoms with E-state index >= 15 is 0 Å². The van der Waals surface area contributed by atoms with E-state index in [9.17, 15) is 4.79 Å². The zero-order valence-corrected chi connectivity index (χ0v) is 10.3. The van der Waals surface area contributed by atoms with Crippen molar-refractivity contribution in [1.29, 1.82) is 0 Å². The van der Waals surface area contributed by atoms with Crippen LogP contribution in [0, 0.1) is 5.92 Å². The minimum absolute atomic E-state index is 0.0294. The zero-order chi connectivity index (χ0) is 12.3. The van der Waals surface area contributed by atoms with Crippen molar-refractivity contribution in [3.8, 4) is 0 Å². The molecule has 1 saturated heterocycles. The first-order valence-corrected chi connectivity index (χ1v) is 6.13. The van der Waals surface area contributed by atoms with E-state index in [1.165, 1.54) is 0 Å². The largest absolute Gasteiger partial charge is 0.368 e. The van der Waals surface area contributed by atoms with Gasteiger partial charge in [0.05, 0.1) is 6.04 Å². The average Bonchev–Trinajstić information content (AvgIpc) is 2.96. The second-order valence-corrected chi connectivity index (χ2v) is 4.50.